The first-order valence-electron chi connectivity index (χ1n) is 11.6. The summed E-state index contributed by atoms with van der Waals surface area (Å²) in [4.78, 5) is 40.3. The van der Waals surface area contributed by atoms with E-state index < -0.39 is 5.54 Å². The fourth-order valence-corrected chi connectivity index (χ4v) is 5.49. The molecule has 3 heterocycles. The lowest BCUT2D eigenvalue weighted by atomic mass is 9.98. The first-order chi connectivity index (χ1) is 16.6. The Hall–Kier alpha value is -3.46. The van der Waals surface area contributed by atoms with E-state index in [1.165, 1.54) is 16.2 Å². The number of hydrogen-bond acceptors (Lipinski definition) is 5. The molecular weight excluding hydrogens is 450 g/mol. The highest BCUT2D eigenvalue weighted by Crippen LogP contribution is 2.35. The predicted octanol–water partition coefficient (Wildman–Crippen LogP) is 3.64. The van der Waals surface area contributed by atoms with E-state index in [2.05, 4.69) is 15.7 Å². The van der Waals surface area contributed by atoms with Gasteiger partial charge >= 0.3 is 6.03 Å². The van der Waals surface area contributed by atoms with Crippen LogP contribution < -0.4 is 10.6 Å². The molecule has 1 saturated carbocycles. The number of aromatic nitrogens is 2. The summed E-state index contributed by atoms with van der Waals surface area (Å²) in [6, 6.07) is 13.5. The molecule has 2 aromatic heterocycles. The number of amides is 4. The molecule has 34 heavy (non-hydrogen) atoms. The van der Waals surface area contributed by atoms with E-state index in [0.717, 1.165) is 23.3 Å². The van der Waals surface area contributed by atoms with Crippen molar-refractivity contribution in [3.63, 3.8) is 0 Å². The van der Waals surface area contributed by atoms with E-state index in [1.807, 2.05) is 47.8 Å². The number of hydrogen-bond donors (Lipinski definition) is 2. The molecule has 2 N–H and O–H groups in total. The molecule has 3 aromatic rings. The maximum atomic E-state index is 13.0. The minimum absolute atomic E-state index is 0.122. The van der Waals surface area contributed by atoms with Crippen molar-refractivity contribution in [3.8, 4) is 10.6 Å². The van der Waals surface area contributed by atoms with Crippen molar-refractivity contribution < 1.29 is 14.4 Å². The fraction of sp³-hybridized carbons (Fsp3) is 0.360. The van der Waals surface area contributed by atoms with Gasteiger partial charge in [-0.05, 0) is 36.3 Å². The zero-order valence-corrected chi connectivity index (χ0v) is 19.6. The molecule has 1 aliphatic heterocycles. The Bertz CT molecular complexity index is 1180. The van der Waals surface area contributed by atoms with E-state index in [-0.39, 0.29) is 24.4 Å². The number of rotatable bonds is 8. The smallest absolute Gasteiger partial charge is 0.325 e. The number of thiophene rings is 1. The van der Waals surface area contributed by atoms with Crippen molar-refractivity contribution in [2.24, 2.45) is 0 Å². The number of imide groups is 1. The number of urea groups is 1. The molecule has 2 aliphatic rings. The van der Waals surface area contributed by atoms with Gasteiger partial charge < -0.3 is 10.6 Å². The van der Waals surface area contributed by atoms with Crippen LogP contribution in [-0.2, 0) is 11.3 Å². The van der Waals surface area contributed by atoms with Crippen molar-refractivity contribution in [3.05, 3.63) is 65.2 Å². The molecule has 4 amide bonds. The molecule has 0 unspecified atom stereocenters. The molecule has 5 rings (SSSR count). The number of carbonyl (C=O) groups is 3. The van der Waals surface area contributed by atoms with Gasteiger partial charge in [0.05, 0.1) is 17.0 Å². The van der Waals surface area contributed by atoms with Crippen LogP contribution in [0.1, 0.15) is 48.0 Å². The van der Waals surface area contributed by atoms with E-state index in [9.17, 15) is 14.4 Å². The van der Waals surface area contributed by atoms with Gasteiger partial charge in [-0.3, -0.25) is 19.2 Å². The van der Waals surface area contributed by atoms with Gasteiger partial charge in [-0.2, -0.15) is 5.10 Å². The Morgan fingerprint density at radius 3 is 2.65 bits per heavy atom. The molecule has 1 aromatic carbocycles. The molecule has 0 atom stereocenters. The Morgan fingerprint density at radius 1 is 1.12 bits per heavy atom. The molecular formula is C25H27N5O3S. The van der Waals surface area contributed by atoms with E-state index >= 15 is 0 Å². The highest BCUT2D eigenvalue weighted by atomic mass is 32.1. The van der Waals surface area contributed by atoms with Gasteiger partial charge in [0.15, 0.2) is 0 Å². The van der Waals surface area contributed by atoms with Crippen molar-refractivity contribution in [2.75, 3.05) is 13.1 Å². The average Bonchev–Trinajstić information content (AvgIpc) is 3.62. The Morgan fingerprint density at radius 2 is 1.91 bits per heavy atom. The average molecular weight is 478 g/mol. The second kappa shape index (κ2) is 9.42. The van der Waals surface area contributed by atoms with Crippen LogP contribution >= 0.6 is 11.3 Å². The third-order valence-electron chi connectivity index (χ3n) is 6.50. The summed E-state index contributed by atoms with van der Waals surface area (Å²) in [7, 11) is 0. The van der Waals surface area contributed by atoms with Crippen LogP contribution in [-0.4, -0.2) is 51.2 Å². The molecule has 0 bridgehead atoms. The van der Waals surface area contributed by atoms with Gasteiger partial charge in [-0.25, -0.2) is 4.79 Å². The predicted molar refractivity (Wildman–Crippen MR) is 129 cm³/mol. The quantitative estimate of drug-likeness (QED) is 0.382. The van der Waals surface area contributed by atoms with E-state index in [1.54, 1.807) is 10.9 Å². The number of nitrogens with one attached hydrogen (secondary N) is 2. The van der Waals surface area contributed by atoms with Crippen molar-refractivity contribution >= 4 is 29.2 Å². The Balaban J connectivity index is 1.22. The lowest BCUT2D eigenvalue weighted by Gasteiger charge is -2.20. The van der Waals surface area contributed by atoms with Crippen molar-refractivity contribution in [1.29, 1.82) is 0 Å². The summed E-state index contributed by atoms with van der Waals surface area (Å²) >= 11 is 1.54. The summed E-state index contributed by atoms with van der Waals surface area (Å²) in [6.45, 7) is 1.22. The van der Waals surface area contributed by atoms with Gasteiger partial charge in [0, 0.05) is 19.3 Å². The minimum Gasteiger partial charge on any atom is -0.352 e. The zero-order valence-electron chi connectivity index (χ0n) is 18.8. The molecule has 0 radical (unpaired) electrons. The minimum atomic E-state index is -0.691. The van der Waals surface area contributed by atoms with Gasteiger partial charge in [0.25, 0.3) is 11.8 Å². The standard InChI is InChI=1S/C25H27N5O3S/c31-22(26-13-7-14-30-23(32)25(27-24(30)33)11-4-5-12-25)19-17-29(16-18-8-2-1-3-9-18)28-21(19)20-10-6-15-34-20/h1-3,6,8-10,15,17H,4-5,7,11-14,16H2,(H,26,31)(H,27,33). The summed E-state index contributed by atoms with van der Waals surface area (Å²) in [5, 5.41) is 12.5. The summed E-state index contributed by atoms with van der Waals surface area (Å²) in [5.41, 5.74) is 1.57. The van der Waals surface area contributed by atoms with Gasteiger partial charge in [0.2, 0.25) is 0 Å². The highest BCUT2D eigenvalue weighted by molar-refractivity contribution is 7.13. The van der Waals surface area contributed by atoms with E-state index in [0.29, 0.717) is 43.6 Å². The van der Waals surface area contributed by atoms with Gasteiger partial charge in [-0.15, -0.1) is 11.3 Å². The molecule has 2 fully saturated rings. The largest absolute Gasteiger partial charge is 0.352 e. The maximum Gasteiger partial charge on any atom is 0.325 e. The Labute approximate surface area is 202 Å². The molecule has 9 heteroatoms. The molecule has 1 spiro atoms. The lowest BCUT2D eigenvalue weighted by molar-refractivity contribution is -0.131. The van der Waals surface area contributed by atoms with Crippen LogP contribution in [0.2, 0.25) is 0 Å². The first kappa shape index (κ1) is 22.3. The second-order valence-electron chi connectivity index (χ2n) is 8.84. The third kappa shape index (κ3) is 4.35. The Kier molecular flexibility index (Phi) is 6.19. The topological polar surface area (TPSA) is 96.3 Å². The molecule has 1 aliphatic carbocycles. The molecule has 176 valence electrons. The lowest BCUT2D eigenvalue weighted by Crippen LogP contribution is -2.44. The maximum absolute atomic E-state index is 13.0. The van der Waals surface area contributed by atoms with Crippen molar-refractivity contribution in [2.45, 2.75) is 44.2 Å². The number of nitrogens with zero attached hydrogens (tertiary/aromatic N) is 3. The van der Waals surface area contributed by atoms with Crippen LogP contribution in [0.3, 0.4) is 0 Å². The molecule has 1 saturated heterocycles. The van der Waals surface area contributed by atoms with Crippen LogP contribution in [0.25, 0.3) is 10.6 Å². The first-order valence-corrected chi connectivity index (χ1v) is 12.5. The molecule has 8 nitrogen and oxygen atoms in total. The van der Waals surface area contributed by atoms with Crippen molar-refractivity contribution in [1.82, 2.24) is 25.3 Å². The van der Waals surface area contributed by atoms with Crippen LogP contribution in [0.5, 0.6) is 0 Å². The zero-order chi connectivity index (χ0) is 23.5. The summed E-state index contributed by atoms with van der Waals surface area (Å²) in [5.74, 6) is -0.337. The summed E-state index contributed by atoms with van der Waals surface area (Å²) in [6.07, 6.45) is 5.61. The van der Waals surface area contributed by atoms with Gasteiger partial charge in [-0.1, -0.05) is 49.2 Å². The van der Waals surface area contributed by atoms with Crippen LogP contribution in [0.4, 0.5) is 4.79 Å². The monoisotopic (exact) mass is 477 g/mol. The van der Waals surface area contributed by atoms with Crippen LogP contribution in [0.15, 0.2) is 54.0 Å². The normalized spacial score (nSPS) is 16.9. The van der Waals surface area contributed by atoms with Crippen LogP contribution in [0, 0.1) is 0 Å². The number of benzene rings is 1. The highest BCUT2D eigenvalue weighted by Gasteiger charge is 2.51. The van der Waals surface area contributed by atoms with E-state index in [4.69, 9.17) is 0 Å². The second-order valence-corrected chi connectivity index (χ2v) is 9.79. The van der Waals surface area contributed by atoms with Gasteiger partial charge in [0.1, 0.15) is 11.2 Å². The number of carbonyl (C=O) groups excluding carboxylic acids is 3. The SMILES string of the molecule is O=C(NCCCN1C(=O)NC2(CCCC2)C1=O)c1cn(Cc2ccccc2)nc1-c1cccs1. The fourth-order valence-electron chi connectivity index (χ4n) is 4.77. The summed E-state index contributed by atoms with van der Waals surface area (Å²) < 4.78 is 1.79. The third-order valence-corrected chi connectivity index (χ3v) is 7.37.